The SMILES string of the molecule is CCC(CC)c1nc2ncccc2o1. The van der Waals surface area contributed by atoms with Crippen molar-refractivity contribution in [3.8, 4) is 0 Å². The average molecular weight is 190 g/mol. The lowest BCUT2D eigenvalue weighted by Crippen LogP contribution is -1.94. The Hall–Kier alpha value is -1.38. The van der Waals surface area contributed by atoms with Gasteiger partial charge >= 0.3 is 0 Å². The van der Waals surface area contributed by atoms with Gasteiger partial charge in [-0.2, -0.15) is 4.98 Å². The molecule has 3 nitrogen and oxygen atoms in total. The van der Waals surface area contributed by atoms with E-state index in [1.54, 1.807) is 6.20 Å². The first-order chi connectivity index (χ1) is 6.85. The van der Waals surface area contributed by atoms with Crippen LogP contribution in [0.25, 0.3) is 11.2 Å². The number of nitrogens with zero attached hydrogens (tertiary/aromatic N) is 2. The lowest BCUT2D eigenvalue weighted by molar-refractivity contribution is 0.453. The monoisotopic (exact) mass is 190 g/mol. The molecule has 0 unspecified atom stereocenters. The number of fused-ring (bicyclic) bond motifs is 1. The standard InChI is InChI=1S/C11H14N2O/c1-3-8(4-2)11-13-10-9(14-11)6-5-7-12-10/h5-8H,3-4H2,1-2H3. The Morgan fingerprint density at radius 2 is 2.14 bits per heavy atom. The van der Waals surface area contributed by atoms with Gasteiger partial charge in [-0.25, -0.2) is 4.98 Å². The van der Waals surface area contributed by atoms with Crippen molar-refractivity contribution in [2.75, 3.05) is 0 Å². The zero-order valence-electron chi connectivity index (χ0n) is 8.53. The van der Waals surface area contributed by atoms with Gasteiger partial charge in [-0.15, -0.1) is 0 Å². The Morgan fingerprint density at radius 3 is 2.79 bits per heavy atom. The van der Waals surface area contributed by atoms with Crippen molar-refractivity contribution in [3.05, 3.63) is 24.2 Å². The Bertz CT molecular complexity index is 385. The van der Waals surface area contributed by atoms with E-state index in [1.165, 1.54) is 0 Å². The van der Waals surface area contributed by atoms with Gasteiger partial charge in [0.1, 0.15) is 0 Å². The van der Waals surface area contributed by atoms with Crippen molar-refractivity contribution in [2.45, 2.75) is 32.6 Å². The highest BCUT2D eigenvalue weighted by atomic mass is 16.3. The second-order valence-corrected chi connectivity index (χ2v) is 3.39. The van der Waals surface area contributed by atoms with Gasteiger partial charge in [0, 0.05) is 12.1 Å². The number of hydrogen-bond donors (Lipinski definition) is 0. The third kappa shape index (κ3) is 1.50. The summed E-state index contributed by atoms with van der Waals surface area (Å²) < 4.78 is 5.64. The van der Waals surface area contributed by atoms with Gasteiger partial charge in [-0.1, -0.05) is 13.8 Å². The number of hydrogen-bond acceptors (Lipinski definition) is 3. The van der Waals surface area contributed by atoms with Crippen LogP contribution in [0.2, 0.25) is 0 Å². The number of rotatable bonds is 3. The van der Waals surface area contributed by atoms with Crippen LogP contribution >= 0.6 is 0 Å². The second kappa shape index (κ2) is 3.78. The second-order valence-electron chi connectivity index (χ2n) is 3.39. The number of aromatic nitrogens is 2. The molecule has 2 aromatic rings. The van der Waals surface area contributed by atoms with Gasteiger partial charge in [0.15, 0.2) is 17.1 Å². The highest BCUT2D eigenvalue weighted by molar-refractivity contribution is 5.66. The van der Waals surface area contributed by atoms with Crippen molar-refractivity contribution in [3.63, 3.8) is 0 Å². The predicted molar refractivity (Wildman–Crippen MR) is 55.1 cm³/mol. The average Bonchev–Trinajstić information content (AvgIpc) is 2.63. The molecule has 0 aromatic carbocycles. The maximum Gasteiger partial charge on any atom is 0.200 e. The summed E-state index contributed by atoms with van der Waals surface area (Å²) >= 11 is 0. The largest absolute Gasteiger partial charge is 0.439 e. The molecule has 2 heterocycles. The van der Waals surface area contributed by atoms with Crippen molar-refractivity contribution >= 4 is 11.2 Å². The fourth-order valence-corrected chi connectivity index (χ4v) is 1.60. The molecule has 2 rings (SSSR count). The molecule has 0 fully saturated rings. The van der Waals surface area contributed by atoms with E-state index in [-0.39, 0.29) is 0 Å². The van der Waals surface area contributed by atoms with Gasteiger partial charge in [0.2, 0.25) is 0 Å². The van der Waals surface area contributed by atoms with E-state index in [4.69, 9.17) is 4.42 Å². The fourth-order valence-electron chi connectivity index (χ4n) is 1.60. The van der Waals surface area contributed by atoms with Gasteiger partial charge in [0.25, 0.3) is 0 Å². The van der Waals surface area contributed by atoms with E-state index >= 15 is 0 Å². The van der Waals surface area contributed by atoms with Crippen LogP contribution in [0.3, 0.4) is 0 Å². The summed E-state index contributed by atoms with van der Waals surface area (Å²) in [6.07, 6.45) is 3.86. The molecule has 0 aliphatic heterocycles. The first-order valence-electron chi connectivity index (χ1n) is 5.06. The smallest absolute Gasteiger partial charge is 0.200 e. The molecule has 0 atom stereocenters. The minimum Gasteiger partial charge on any atom is -0.439 e. The molecule has 0 spiro atoms. The molecule has 0 radical (unpaired) electrons. The van der Waals surface area contributed by atoms with Crippen LogP contribution in [0.15, 0.2) is 22.7 Å². The van der Waals surface area contributed by atoms with E-state index in [1.807, 2.05) is 12.1 Å². The molecule has 0 saturated heterocycles. The van der Waals surface area contributed by atoms with E-state index < -0.39 is 0 Å². The van der Waals surface area contributed by atoms with E-state index in [9.17, 15) is 0 Å². The molecule has 0 saturated carbocycles. The molecule has 0 amide bonds. The number of oxazole rings is 1. The van der Waals surface area contributed by atoms with Crippen molar-refractivity contribution in [2.24, 2.45) is 0 Å². The fraction of sp³-hybridized carbons (Fsp3) is 0.455. The summed E-state index contributed by atoms with van der Waals surface area (Å²) in [7, 11) is 0. The van der Waals surface area contributed by atoms with Crippen LogP contribution in [0.1, 0.15) is 38.5 Å². The maximum absolute atomic E-state index is 5.64. The maximum atomic E-state index is 5.64. The third-order valence-electron chi connectivity index (χ3n) is 2.52. The zero-order valence-corrected chi connectivity index (χ0v) is 8.53. The summed E-state index contributed by atoms with van der Waals surface area (Å²) in [5.74, 6) is 1.24. The van der Waals surface area contributed by atoms with Crippen LogP contribution in [0.5, 0.6) is 0 Å². The first kappa shape index (κ1) is 9.19. The van der Waals surface area contributed by atoms with Crippen molar-refractivity contribution in [1.29, 1.82) is 0 Å². The number of pyridine rings is 1. The molecule has 2 aromatic heterocycles. The Kier molecular flexibility index (Phi) is 2.48. The van der Waals surface area contributed by atoms with Gasteiger partial charge in [-0.05, 0) is 25.0 Å². The van der Waals surface area contributed by atoms with Gasteiger partial charge < -0.3 is 4.42 Å². The molecule has 0 N–H and O–H groups in total. The van der Waals surface area contributed by atoms with Crippen LogP contribution in [-0.2, 0) is 0 Å². The highest BCUT2D eigenvalue weighted by Crippen LogP contribution is 2.24. The van der Waals surface area contributed by atoms with E-state index in [2.05, 4.69) is 23.8 Å². The minimum atomic E-state index is 0.421. The van der Waals surface area contributed by atoms with Crippen LogP contribution in [0, 0.1) is 0 Å². The molecular formula is C11H14N2O. The van der Waals surface area contributed by atoms with Gasteiger partial charge in [0.05, 0.1) is 0 Å². The van der Waals surface area contributed by atoms with E-state index in [0.29, 0.717) is 5.92 Å². The molecular weight excluding hydrogens is 176 g/mol. The molecule has 74 valence electrons. The van der Waals surface area contributed by atoms with Crippen LogP contribution in [0.4, 0.5) is 0 Å². The zero-order chi connectivity index (χ0) is 9.97. The predicted octanol–water partition coefficient (Wildman–Crippen LogP) is 3.13. The lowest BCUT2D eigenvalue weighted by Gasteiger charge is -2.05. The normalized spacial score (nSPS) is 11.4. The summed E-state index contributed by atoms with van der Waals surface area (Å²) in [5.41, 5.74) is 1.50. The Balaban J connectivity index is 2.43. The van der Waals surface area contributed by atoms with Crippen molar-refractivity contribution < 1.29 is 4.42 Å². The topological polar surface area (TPSA) is 38.9 Å². The molecule has 14 heavy (non-hydrogen) atoms. The third-order valence-corrected chi connectivity index (χ3v) is 2.52. The highest BCUT2D eigenvalue weighted by Gasteiger charge is 2.14. The summed E-state index contributed by atoms with van der Waals surface area (Å²) in [5, 5.41) is 0. The molecule has 0 aliphatic carbocycles. The Labute approximate surface area is 83.2 Å². The van der Waals surface area contributed by atoms with E-state index in [0.717, 1.165) is 30.0 Å². The summed E-state index contributed by atoms with van der Waals surface area (Å²) in [6.45, 7) is 4.30. The molecule has 0 bridgehead atoms. The first-order valence-corrected chi connectivity index (χ1v) is 5.06. The summed E-state index contributed by atoms with van der Waals surface area (Å²) in [4.78, 5) is 8.52. The minimum absolute atomic E-state index is 0.421. The Morgan fingerprint density at radius 1 is 1.36 bits per heavy atom. The van der Waals surface area contributed by atoms with Gasteiger partial charge in [-0.3, -0.25) is 0 Å². The lowest BCUT2D eigenvalue weighted by atomic mass is 10.0. The van der Waals surface area contributed by atoms with Crippen molar-refractivity contribution in [1.82, 2.24) is 9.97 Å². The summed E-state index contributed by atoms with van der Waals surface area (Å²) in [6, 6.07) is 3.77. The molecule has 3 heteroatoms. The van der Waals surface area contributed by atoms with Crippen LogP contribution < -0.4 is 0 Å². The molecule has 0 aliphatic rings. The van der Waals surface area contributed by atoms with Crippen LogP contribution in [-0.4, -0.2) is 9.97 Å². The quantitative estimate of drug-likeness (QED) is 0.746.